The fourth-order valence-corrected chi connectivity index (χ4v) is 3.14. The molecule has 1 saturated heterocycles. The van der Waals surface area contributed by atoms with Crippen molar-refractivity contribution in [2.75, 3.05) is 13.1 Å². The van der Waals surface area contributed by atoms with E-state index in [1.807, 2.05) is 24.3 Å². The van der Waals surface area contributed by atoms with Gasteiger partial charge >= 0.3 is 0 Å². The van der Waals surface area contributed by atoms with Crippen molar-refractivity contribution in [1.82, 2.24) is 4.90 Å². The molecule has 0 bridgehead atoms. The molecule has 1 aromatic heterocycles. The number of benzene rings is 1. The lowest BCUT2D eigenvalue weighted by molar-refractivity contribution is 0.206. The second-order valence-corrected chi connectivity index (χ2v) is 6.07. The molecular weight excluding hydrogens is 293 g/mol. The molecule has 0 spiro atoms. The Balaban J connectivity index is 1.75. The Morgan fingerprint density at radius 3 is 2.55 bits per heavy atom. The average Bonchev–Trinajstić information content (AvgIpc) is 2.88. The highest BCUT2D eigenvalue weighted by Crippen LogP contribution is 2.31. The van der Waals surface area contributed by atoms with E-state index in [2.05, 4.69) is 4.90 Å². The molecule has 2 heterocycles. The van der Waals surface area contributed by atoms with E-state index >= 15 is 0 Å². The predicted octanol–water partition coefficient (Wildman–Crippen LogP) is 5.24. The minimum atomic E-state index is 0.622. The summed E-state index contributed by atoms with van der Waals surface area (Å²) in [5.74, 6) is 1.80. The van der Waals surface area contributed by atoms with E-state index in [4.69, 9.17) is 27.6 Å². The quantitative estimate of drug-likeness (QED) is 0.771. The Bertz CT molecular complexity index is 588. The zero-order valence-electron chi connectivity index (χ0n) is 11.2. The standard InChI is InChI=1S/C16H17Cl2NO/c17-12-4-6-14(15(18)10-12)16-7-5-13(20-16)11-19-8-2-1-3-9-19/h4-7,10H,1-3,8-9,11H2. The molecule has 2 nitrogen and oxygen atoms in total. The molecule has 20 heavy (non-hydrogen) atoms. The van der Waals surface area contributed by atoms with Gasteiger partial charge in [0.15, 0.2) is 0 Å². The third kappa shape index (κ3) is 3.20. The lowest BCUT2D eigenvalue weighted by Crippen LogP contribution is -2.28. The fraction of sp³-hybridized carbons (Fsp3) is 0.375. The molecule has 106 valence electrons. The molecule has 0 aliphatic carbocycles. The number of hydrogen-bond acceptors (Lipinski definition) is 2. The van der Waals surface area contributed by atoms with Crippen LogP contribution in [0.15, 0.2) is 34.7 Å². The van der Waals surface area contributed by atoms with Crippen LogP contribution < -0.4 is 0 Å². The van der Waals surface area contributed by atoms with Crippen molar-refractivity contribution >= 4 is 23.2 Å². The van der Waals surface area contributed by atoms with E-state index in [0.29, 0.717) is 10.0 Å². The smallest absolute Gasteiger partial charge is 0.135 e. The Morgan fingerprint density at radius 2 is 1.80 bits per heavy atom. The van der Waals surface area contributed by atoms with Crippen LogP contribution in [0, 0.1) is 0 Å². The highest BCUT2D eigenvalue weighted by molar-refractivity contribution is 6.36. The molecule has 1 aliphatic rings. The molecule has 0 radical (unpaired) electrons. The van der Waals surface area contributed by atoms with Gasteiger partial charge in [0.25, 0.3) is 0 Å². The molecular formula is C16H17Cl2NO. The van der Waals surface area contributed by atoms with E-state index in [-0.39, 0.29) is 0 Å². The first-order chi connectivity index (χ1) is 9.72. The topological polar surface area (TPSA) is 16.4 Å². The molecule has 0 amide bonds. The third-order valence-corrected chi connectivity index (χ3v) is 4.23. The molecule has 4 heteroatoms. The number of hydrogen-bond donors (Lipinski definition) is 0. The number of rotatable bonds is 3. The Morgan fingerprint density at radius 1 is 1.00 bits per heavy atom. The lowest BCUT2D eigenvalue weighted by atomic mass is 10.1. The zero-order chi connectivity index (χ0) is 13.9. The summed E-state index contributed by atoms with van der Waals surface area (Å²) in [5, 5.41) is 1.26. The van der Waals surface area contributed by atoms with E-state index < -0.39 is 0 Å². The van der Waals surface area contributed by atoms with Gasteiger partial charge in [-0.2, -0.15) is 0 Å². The highest BCUT2D eigenvalue weighted by atomic mass is 35.5. The minimum Gasteiger partial charge on any atom is -0.460 e. The van der Waals surface area contributed by atoms with Crippen molar-refractivity contribution < 1.29 is 4.42 Å². The van der Waals surface area contributed by atoms with Gasteiger partial charge in [-0.1, -0.05) is 29.6 Å². The molecule has 3 rings (SSSR count). The van der Waals surface area contributed by atoms with Gasteiger partial charge < -0.3 is 4.42 Å². The number of likely N-dealkylation sites (tertiary alicyclic amines) is 1. The third-order valence-electron chi connectivity index (χ3n) is 3.69. The Hall–Kier alpha value is -0.960. The van der Waals surface area contributed by atoms with Crippen molar-refractivity contribution in [2.45, 2.75) is 25.8 Å². The Labute approximate surface area is 129 Å². The maximum absolute atomic E-state index is 6.21. The molecule has 1 aliphatic heterocycles. The van der Waals surface area contributed by atoms with Gasteiger partial charge in [-0.05, 0) is 56.3 Å². The molecule has 0 N–H and O–H groups in total. The van der Waals surface area contributed by atoms with E-state index in [1.54, 1.807) is 6.07 Å². The van der Waals surface area contributed by atoms with Crippen LogP contribution in [-0.2, 0) is 6.54 Å². The van der Waals surface area contributed by atoms with Crippen molar-refractivity contribution in [3.8, 4) is 11.3 Å². The average molecular weight is 310 g/mol. The van der Waals surface area contributed by atoms with Crippen LogP contribution in [0.4, 0.5) is 0 Å². The summed E-state index contributed by atoms with van der Waals surface area (Å²) >= 11 is 12.1. The summed E-state index contributed by atoms with van der Waals surface area (Å²) < 4.78 is 5.92. The number of piperidine rings is 1. The van der Waals surface area contributed by atoms with Gasteiger partial charge in [0, 0.05) is 10.6 Å². The predicted molar refractivity (Wildman–Crippen MR) is 83.3 cm³/mol. The first-order valence-corrected chi connectivity index (χ1v) is 7.74. The van der Waals surface area contributed by atoms with Gasteiger partial charge in [0.2, 0.25) is 0 Å². The summed E-state index contributed by atoms with van der Waals surface area (Å²) in [6.45, 7) is 3.21. The Kier molecular flexibility index (Phi) is 4.35. The second-order valence-electron chi connectivity index (χ2n) is 5.23. The van der Waals surface area contributed by atoms with Crippen LogP contribution in [0.25, 0.3) is 11.3 Å². The van der Waals surface area contributed by atoms with E-state index in [0.717, 1.165) is 36.7 Å². The molecule has 0 saturated carbocycles. The van der Waals surface area contributed by atoms with Crippen molar-refractivity contribution in [2.24, 2.45) is 0 Å². The van der Waals surface area contributed by atoms with Crippen LogP contribution in [-0.4, -0.2) is 18.0 Å². The first-order valence-electron chi connectivity index (χ1n) is 6.99. The van der Waals surface area contributed by atoms with Crippen LogP contribution in [0.1, 0.15) is 25.0 Å². The van der Waals surface area contributed by atoms with E-state index in [1.165, 1.54) is 19.3 Å². The molecule has 2 aromatic rings. The number of nitrogens with zero attached hydrogens (tertiary/aromatic N) is 1. The lowest BCUT2D eigenvalue weighted by Gasteiger charge is -2.25. The summed E-state index contributed by atoms with van der Waals surface area (Å²) in [6.07, 6.45) is 3.92. The SMILES string of the molecule is Clc1ccc(-c2ccc(CN3CCCCC3)o2)c(Cl)c1. The zero-order valence-corrected chi connectivity index (χ0v) is 12.8. The monoisotopic (exact) mass is 309 g/mol. The fourth-order valence-electron chi connectivity index (χ4n) is 2.63. The van der Waals surface area contributed by atoms with Crippen molar-refractivity contribution in [1.29, 1.82) is 0 Å². The number of furan rings is 1. The second kappa shape index (κ2) is 6.21. The van der Waals surface area contributed by atoms with Gasteiger partial charge in [-0.15, -0.1) is 0 Å². The van der Waals surface area contributed by atoms with Crippen molar-refractivity contribution in [3.05, 3.63) is 46.1 Å². The normalized spacial score (nSPS) is 16.5. The summed E-state index contributed by atoms with van der Waals surface area (Å²) in [6, 6.07) is 9.48. The molecule has 1 fully saturated rings. The highest BCUT2D eigenvalue weighted by Gasteiger charge is 2.14. The van der Waals surface area contributed by atoms with Crippen LogP contribution in [0.3, 0.4) is 0 Å². The van der Waals surface area contributed by atoms with Gasteiger partial charge in [0.1, 0.15) is 11.5 Å². The van der Waals surface area contributed by atoms with Gasteiger partial charge in [-0.25, -0.2) is 0 Å². The van der Waals surface area contributed by atoms with Crippen LogP contribution in [0.5, 0.6) is 0 Å². The summed E-state index contributed by atoms with van der Waals surface area (Å²) in [5.41, 5.74) is 0.890. The minimum absolute atomic E-state index is 0.622. The summed E-state index contributed by atoms with van der Waals surface area (Å²) in [4.78, 5) is 2.44. The molecule has 0 unspecified atom stereocenters. The largest absolute Gasteiger partial charge is 0.460 e. The van der Waals surface area contributed by atoms with Gasteiger partial charge in [-0.3, -0.25) is 4.90 Å². The maximum Gasteiger partial charge on any atom is 0.135 e. The number of halogens is 2. The van der Waals surface area contributed by atoms with E-state index in [9.17, 15) is 0 Å². The molecule has 1 aromatic carbocycles. The first kappa shape index (κ1) is 14.0. The summed E-state index contributed by atoms with van der Waals surface area (Å²) in [7, 11) is 0. The van der Waals surface area contributed by atoms with Crippen LogP contribution in [0.2, 0.25) is 10.0 Å². The maximum atomic E-state index is 6.21. The van der Waals surface area contributed by atoms with Crippen LogP contribution >= 0.6 is 23.2 Å². The van der Waals surface area contributed by atoms with Gasteiger partial charge in [0.05, 0.1) is 11.6 Å². The van der Waals surface area contributed by atoms with Crippen molar-refractivity contribution in [3.63, 3.8) is 0 Å². The molecule has 0 atom stereocenters.